The fourth-order valence-electron chi connectivity index (χ4n) is 3.00. The Kier molecular flexibility index (Phi) is 5.05. The molecule has 1 aliphatic heterocycles. The van der Waals surface area contributed by atoms with Crippen molar-refractivity contribution in [2.75, 3.05) is 10.0 Å². The van der Waals surface area contributed by atoms with Gasteiger partial charge in [0.25, 0.3) is 15.9 Å². The maximum Gasteiger partial charge on any atom is 0.416 e. The van der Waals surface area contributed by atoms with E-state index in [0.717, 1.165) is 24.3 Å². The van der Waals surface area contributed by atoms with Crippen LogP contribution >= 0.6 is 0 Å². The van der Waals surface area contributed by atoms with E-state index in [9.17, 15) is 31.2 Å². The Labute approximate surface area is 170 Å². The van der Waals surface area contributed by atoms with Crippen molar-refractivity contribution in [3.05, 3.63) is 53.1 Å². The molecule has 2 aromatic rings. The third-order valence-corrected chi connectivity index (χ3v) is 6.16. The molecular weight excluding hydrogens is 423 g/mol. The van der Waals surface area contributed by atoms with Crippen LogP contribution in [0.5, 0.6) is 0 Å². The summed E-state index contributed by atoms with van der Waals surface area (Å²) in [6, 6.07) is 6.01. The van der Waals surface area contributed by atoms with Crippen LogP contribution in [0.25, 0.3) is 0 Å². The fourth-order valence-corrected chi connectivity index (χ4v) is 4.31. The second kappa shape index (κ2) is 7.01. The molecule has 2 aromatic carbocycles. The smallest absolute Gasteiger partial charge is 0.338 e. The predicted octanol–water partition coefficient (Wildman–Crippen LogP) is 3.28. The van der Waals surface area contributed by atoms with Gasteiger partial charge >= 0.3 is 6.18 Å². The first kappa shape index (κ1) is 21.6. The second-order valence-electron chi connectivity index (χ2n) is 7.33. The molecule has 0 fully saturated rings. The lowest BCUT2D eigenvalue weighted by atomic mass is 10.0. The van der Waals surface area contributed by atoms with Crippen molar-refractivity contribution < 1.29 is 31.2 Å². The zero-order valence-corrected chi connectivity index (χ0v) is 17.0. The number of nitrogens with one attached hydrogen (secondary N) is 3. The number of halogens is 3. The summed E-state index contributed by atoms with van der Waals surface area (Å²) in [5.74, 6) is -1.09. The molecule has 0 saturated heterocycles. The summed E-state index contributed by atoms with van der Waals surface area (Å²) in [5, 5.41) is 5.13. The number of rotatable bonds is 3. The largest absolute Gasteiger partial charge is 0.416 e. The molecule has 2 amide bonds. The van der Waals surface area contributed by atoms with Gasteiger partial charge in [-0.05, 0) is 62.7 Å². The SMILES string of the molecule is Cc1c(S(=O)(=O)Nc2ccc(C(F)(F)F)cc2)ccc2c1C(=O)NC(C)(C)C(=O)N2. The predicted molar refractivity (Wildman–Crippen MR) is 104 cm³/mol. The number of carbonyl (C=O) groups excluding carboxylic acids is 2. The van der Waals surface area contributed by atoms with E-state index in [0.29, 0.717) is 0 Å². The van der Waals surface area contributed by atoms with Crippen LogP contribution in [-0.4, -0.2) is 25.8 Å². The molecule has 0 bridgehead atoms. The maximum atomic E-state index is 12.8. The number of alkyl halides is 3. The van der Waals surface area contributed by atoms with Crippen molar-refractivity contribution in [2.45, 2.75) is 37.4 Å². The Bertz CT molecular complexity index is 1140. The molecule has 7 nitrogen and oxygen atoms in total. The Morgan fingerprint density at radius 2 is 1.60 bits per heavy atom. The zero-order valence-electron chi connectivity index (χ0n) is 16.1. The fraction of sp³-hybridized carbons (Fsp3) is 0.263. The van der Waals surface area contributed by atoms with Gasteiger partial charge in [0.1, 0.15) is 5.54 Å². The summed E-state index contributed by atoms with van der Waals surface area (Å²) in [6.45, 7) is 4.42. The van der Waals surface area contributed by atoms with E-state index in [4.69, 9.17) is 0 Å². The third-order valence-electron chi connectivity index (χ3n) is 4.64. The molecule has 11 heteroatoms. The summed E-state index contributed by atoms with van der Waals surface area (Å²) in [4.78, 5) is 24.6. The van der Waals surface area contributed by atoms with Crippen LogP contribution in [0.1, 0.15) is 35.3 Å². The molecule has 0 atom stereocenters. The lowest BCUT2D eigenvalue weighted by molar-refractivity contribution is -0.137. The standard InChI is InChI=1S/C19H18F3N3O4S/c1-10-14(9-8-13-15(10)16(26)24-18(2,3)17(27)23-13)30(28,29)25-12-6-4-11(5-7-12)19(20,21)22/h4-9,25H,1-3H3,(H,23,27)(H,24,26). The van der Waals surface area contributed by atoms with Gasteiger partial charge in [-0.25, -0.2) is 8.42 Å². The highest BCUT2D eigenvalue weighted by Crippen LogP contribution is 2.32. The molecule has 30 heavy (non-hydrogen) atoms. The summed E-state index contributed by atoms with van der Waals surface area (Å²) in [6.07, 6.45) is -4.55. The van der Waals surface area contributed by atoms with Crippen molar-refractivity contribution in [2.24, 2.45) is 0 Å². The van der Waals surface area contributed by atoms with Gasteiger partial charge < -0.3 is 10.6 Å². The zero-order chi connectivity index (χ0) is 22.5. The quantitative estimate of drug-likeness (QED) is 0.680. The van der Waals surface area contributed by atoms with E-state index in [1.807, 2.05) is 0 Å². The molecule has 3 rings (SSSR count). The normalized spacial score (nSPS) is 16.2. The van der Waals surface area contributed by atoms with E-state index in [2.05, 4.69) is 15.4 Å². The topological polar surface area (TPSA) is 104 Å². The van der Waals surface area contributed by atoms with Crippen LogP contribution in [0.4, 0.5) is 24.5 Å². The number of carbonyl (C=O) groups is 2. The Morgan fingerprint density at radius 1 is 1.00 bits per heavy atom. The minimum atomic E-state index is -4.55. The average molecular weight is 441 g/mol. The number of anilines is 2. The van der Waals surface area contributed by atoms with E-state index in [-0.39, 0.29) is 27.4 Å². The Morgan fingerprint density at radius 3 is 2.17 bits per heavy atom. The van der Waals surface area contributed by atoms with Crippen LogP contribution in [0.15, 0.2) is 41.3 Å². The molecule has 0 unspecified atom stereocenters. The van der Waals surface area contributed by atoms with E-state index < -0.39 is 39.1 Å². The molecule has 0 radical (unpaired) electrons. The van der Waals surface area contributed by atoms with Gasteiger partial charge in [0, 0.05) is 5.69 Å². The van der Waals surface area contributed by atoms with Crippen molar-refractivity contribution in [1.29, 1.82) is 0 Å². The molecule has 1 aliphatic rings. The van der Waals surface area contributed by atoms with Crippen LogP contribution in [-0.2, 0) is 21.0 Å². The summed E-state index contributed by atoms with van der Waals surface area (Å²) in [7, 11) is -4.23. The number of benzene rings is 2. The highest BCUT2D eigenvalue weighted by atomic mass is 32.2. The summed E-state index contributed by atoms with van der Waals surface area (Å²) >= 11 is 0. The van der Waals surface area contributed by atoms with Crippen LogP contribution in [0.3, 0.4) is 0 Å². The van der Waals surface area contributed by atoms with Crippen LogP contribution in [0.2, 0.25) is 0 Å². The lowest BCUT2D eigenvalue weighted by Crippen LogP contribution is -2.50. The van der Waals surface area contributed by atoms with Crippen LogP contribution in [0, 0.1) is 6.92 Å². The molecule has 1 heterocycles. The van der Waals surface area contributed by atoms with Gasteiger partial charge in [-0.2, -0.15) is 13.2 Å². The first-order valence-electron chi connectivity index (χ1n) is 8.70. The van der Waals surface area contributed by atoms with Crippen molar-refractivity contribution in [3.63, 3.8) is 0 Å². The van der Waals surface area contributed by atoms with Crippen molar-refractivity contribution in [1.82, 2.24) is 5.32 Å². The minimum absolute atomic E-state index is 0.00998. The number of hydrogen-bond acceptors (Lipinski definition) is 4. The molecule has 0 saturated carbocycles. The second-order valence-corrected chi connectivity index (χ2v) is 8.98. The van der Waals surface area contributed by atoms with Crippen LogP contribution < -0.4 is 15.4 Å². The lowest BCUT2D eigenvalue weighted by Gasteiger charge is -2.21. The van der Waals surface area contributed by atoms with E-state index in [1.165, 1.54) is 32.9 Å². The first-order chi connectivity index (χ1) is 13.7. The van der Waals surface area contributed by atoms with Gasteiger partial charge in [0.15, 0.2) is 0 Å². The van der Waals surface area contributed by atoms with Gasteiger partial charge in [-0.1, -0.05) is 0 Å². The number of hydrogen-bond donors (Lipinski definition) is 3. The summed E-state index contributed by atoms with van der Waals surface area (Å²) in [5.41, 5.74) is -1.96. The number of fused-ring (bicyclic) bond motifs is 1. The van der Waals surface area contributed by atoms with Gasteiger partial charge in [0.2, 0.25) is 5.91 Å². The molecule has 3 N–H and O–H groups in total. The minimum Gasteiger partial charge on any atom is -0.338 e. The van der Waals surface area contributed by atoms with Gasteiger partial charge in [-0.3, -0.25) is 14.3 Å². The monoisotopic (exact) mass is 441 g/mol. The summed E-state index contributed by atoms with van der Waals surface area (Å²) < 4.78 is 65.9. The third kappa shape index (κ3) is 3.97. The molecular formula is C19H18F3N3O4S. The molecule has 160 valence electrons. The molecule has 0 aliphatic carbocycles. The first-order valence-corrected chi connectivity index (χ1v) is 10.2. The van der Waals surface area contributed by atoms with E-state index in [1.54, 1.807) is 0 Å². The average Bonchev–Trinajstić information content (AvgIpc) is 2.68. The van der Waals surface area contributed by atoms with Crippen molar-refractivity contribution >= 4 is 33.2 Å². The van der Waals surface area contributed by atoms with Gasteiger partial charge in [0.05, 0.1) is 21.7 Å². The Hall–Kier alpha value is -3.08. The number of sulfonamides is 1. The highest BCUT2D eigenvalue weighted by Gasteiger charge is 2.36. The van der Waals surface area contributed by atoms with Gasteiger partial charge in [-0.15, -0.1) is 0 Å². The maximum absolute atomic E-state index is 12.8. The molecule has 0 aromatic heterocycles. The highest BCUT2D eigenvalue weighted by molar-refractivity contribution is 7.92. The Balaban J connectivity index is 1.98. The van der Waals surface area contributed by atoms with Crippen molar-refractivity contribution in [3.8, 4) is 0 Å². The number of amides is 2. The van der Waals surface area contributed by atoms with E-state index >= 15 is 0 Å². The molecule has 0 spiro atoms.